The van der Waals surface area contributed by atoms with Crippen LogP contribution in [0.1, 0.15) is 11.1 Å². The number of nitrogens with zero attached hydrogens (tertiary/aromatic N) is 3. The average molecular weight is 450 g/mol. The Hall–Kier alpha value is -1.73. The minimum Gasteiger partial charge on any atom is -0.296 e. The quantitative estimate of drug-likeness (QED) is 0.543. The van der Waals surface area contributed by atoms with Gasteiger partial charge in [0.15, 0.2) is 0 Å². The summed E-state index contributed by atoms with van der Waals surface area (Å²) in [5.74, 6) is -0.0965. The number of benzene rings is 2. The van der Waals surface area contributed by atoms with Gasteiger partial charge in [0.1, 0.15) is 0 Å². The van der Waals surface area contributed by atoms with Gasteiger partial charge in [-0.2, -0.15) is 5.10 Å². The van der Waals surface area contributed by atoms with Gasteiger partial charge in [-0.1, -0.05) is 57.9 Å². The summed E-state index contributed by atoms with van der Waals surface area (Å²) in [5, 5.41) is 4.84. The van der Waals surface area contributed by atoms with Crippen molar-refractivity contribution in [3.63, 3.8) is 0 Å². The molecule has 1 fully saturated rings. The minimum atomic E-state index is -0.0965. The van der Waals surface area contributed by atoms with Gasteiger partial charge in [0, 0.05) is 42.2 Å². The molecule has 0 aliphatic carbocycles. The van der Waals surface area contributed by atoms with Crippen LogP contribution in [-0.4, -0.2) is 54.6 Å². The van der Waals surface area contributed by atoms with Crippen molar-refractivity contribution < 1.29 is 4.79 Å². The molecule has 0 atom stereocenters. The summed E-state index contributed by atoms with van der Waals surface area (Å²) in [5.41, 5.74) is 4.67. The second-order valence-corrected chi connectivity index (χ2v) is 7.81. The fraction of sp³-hybridized carbons (Fsp3) is 0.300. The molecule has 142 valence electrons. The molecule has 0 bridgehead atoms. The van der Waals surface area contributed by atoms with Crippen LogP contribution in [0.3, 0.4) is 0 Å². The van der Waals surface area contributed by atoms with Crippen LogP contribution in [0.15, 0.2) is 58.1 Å². The van der Waals surface area contributed by atoms with Crippen LogP contribution in [0.25, 0.3) is 0 Å². The van der Waals surface area contributed by atoms with Crippen LogP contribution in [-0.2, 0) is 11.3 Å². The molecule has 1 aliphatic rings. The smallest absolute Gasteiger partial charge is 0.254 e. The molecule has 1 N–H and O–H groups in total. The van der Waals surface area contributed by atoms with Gasteiger partial charge in [0.05, 0.1) is 12.8 Å². The van der Waals surface area contributed by atoms with E-state index < -0.39 is 0 Å². The van der Waals surface area contributed by atoms with Gasteiger partial charge in [-0.15, -0.1) is 0 Å². The number of nitrogens with one attached hydrogen (secondary N) is 1. The second kappa shape index (κ2) is 9.99. The molecule has 7 heteroatoms. The van der Waals surface area contributed by atoms with E-state index in [-0.39, 0.29) is 5.91 Å². The Bertz CT molecular complexity index is 806. The highest BCUT2D eigenvalue weighted by molar-refractivity contribution is 9.10. The Morgan fingerprint density at radius 3 is 2.59 bits per heavy atom. The van der Waals surface area contributed by atoms with Gasteiger partial charge in [0.25, 0.3) is 5.91 Å². The lowest BCUT2D eigenvalue weighted by atomic mass is 10.2. The number of amides is 1. The predicted molar refractivity (Wildman–Crippen MR) is 113 cm³/mol. The molecule has 1 saturated heterocycles. The van der Waals surface area contributed by atoms with Crippen molar-refractivity contribution in [3.8, 4) is 0 Å². The zero-order chi connectivity index (χ0) is 19.1. The lowest BCUT2D eigenvalue weighted by Crippen LogP contribution is -2.48. The maximum atomic E-state index is 12.1. The van der Waals surface area contributed by atoms with Crippen molar-refractivity contribution in [2.24, 2.45) is 5.10 Å². The van der Waals surface area contributed by atoms with E-state index in [2.05, 4.69) is 42.3 Å². The molecular weight excluding hydrogens is 428 g/mol. The first-order valence-electron chi connectivity index (χ1n) is 8.86. The molecule has 27 heavy (non-hydrogen) atoms. The van der Waals surface area contributed by atoms with Crippen LogP contribution >= 0.6 is 27.5 Å². The molecule has 0 spiro atoms. The Labute approximate surface area is 173 Å². The molecule has 1 amide bonds. The number of carbonyl (C=O) groups excluding carboxylic acids is 1. The molecule has 0 unspecified atom stereocenters. The monoisotopic (exact) mass is 448 g/mol. The highest BCUT2D eigenvalue weighted by Crippen LogP contribution is 2.17. The first-order chi connectivity index (χ1) is 13.1. The van der Waals surface area contributed by atoms with Crippen molar-refractivity contribution in [1.29, 1.82) is 0 Å². The minimum absolute atomic E-state index is 0.0965. The largest absolute Gasteiger partial charge is 0.296 e. The first-order valence-corrected chi connectivity index (χ1v) is 10.0. The van der Waals surface area contributed by atoms with E-state index in [0.29, 0.717) is 6.54 Å². The second-order valence-electron chi connectivity index (χ2n) is 6.49. The Morgan fingerprint density at radius 2 is 1.85 bits per heavy atom. The Balaban J connectivity index is 1.39. The number of hydrogen-bond donors (Lipinski definition) is 1. The van der Waals surface area contributed by atoms with Crippen molar-refractivity contribution in [2.45, 2.75) is 6.54 Å². The van der Waals surface area contributed by atoms with Crippen LogP contribution in [0, 0.1) is 0 Å². The van der Waals surface area contributed by atoms with E-state index in [1.807, 2.05) is 42.5 Å². The first kappa shape index (κ1) is 20.0. The maximum absolute atomic E-state index is 12.1. The summed E-state index contributed by atoms with van der Waals surface area (Å²) in [4.78, 5) is 16.6. The van der Waals surface area contributed by atoms with Crippen LogP contribution < -0.4 is 5.43 Å². The molecule has 5 nitrogen and oxygen atoms in total. The SMILES string of the molecule is O=C(CN1CCN(Cc2ccccc2Cl)CC1)NN=Cc1cccc(Br)c1. The van der Waals surface area contributed by atoms with Crippen molar-refractivity contribution in [2.75, 3.05) is 32.7 Å². The average Bonchev–Trinajstić information content (AvgIpc) is 2.65. The molecular formula is C20H22BrClN4O. The van der Waals surface area contributed by atoms with Crippen molar-refractivity contribution in [1.82, 2.24) is 15.2 Å². The number of hydrogen-bond acceptors (Lipinski definition) is 4. The van der Waals surface area contributed by atoms with Crippen LogP contribution in [0.5, 0.6) is 0 Å². The Morgan fingerprint density at radius 1 is 1.11 bits per heavy atom. The number of rotatable bonds is 6. The van der Waals surface area contributed by atoms with Gasteiger partial charge in [-0.25, -0.2) is 5.43 Å². The van der Waals surface area contributed by atoms with Gasteiger partial charge in [0.2, 0.25) is 0 Å². The summed E-state index contributed by atoms with van der Waals surface area (Å²) in [6.45, 7) is 4.74. The third kappa shape index (κ3) is 6.43. The molecule has 0 aromatic heterocycles. The van der Waals surface area contributed by atoms with E-state index in [1.165, 1.54) is 0 Å². The third-order valence-corrected chi connectivity index (χ3v) is 5.30. The maximum Gasteiger partial charge on any atom is 0.254 e. The number of piperazine rings is 1. The standard InChI is InChI=1S/C20H22BrClN4O/c21-18-6-3-4-16(12-18)13-23-24-20(27)15-26-10-8-25(9-11-26)14-17-5-1-2-7-19(17)22/h1-7,12-13H,8-11,14-15H2,(H,24,27). The van der Waals surface area contributed by atoms with E-state index in [4.69, 9.17) is 11.6 Å². The highest BCUT2D eigenvalue weighted by atomic mass is 79.9. The number of carbonyl (C=O) groups is 1. The fourth-order valence-electron chi connectivity index (χ4n) is 2.98. The van der Waals surface area contributed by atoms with Crippen molar-refractivity contribution in [3.05, 3.63) is 69.2 Å². The number of halogens is 2. The number of hydrazone groups is 1. The van der Waals surface area contributed by atoms with Gasteiger partial charge in [-0.05, 0) is 29.3 Å². The van der Waals surface area contributed by atoms with E-state index in [1.54, 1.807) is 6.21 Å². The van der Waals surface area contributed by atoms with Gasteiger partial charge in [-0.3, -0.25) is 14.6 Å². The van der Waals surface area contributed by atoms with Crippen LogP contribution in [0.2, 0.25) is 5.02 Å². The fourth-order valence-corrected chi connectivity index (χ4v) is 3.59. The Kier molecular flexibility index (Phi) is 7.41. The third-order valence-electron chi connectivity index (χ3n) is 4.44. The molecule has 0 radical (unpaired) electrons. The molecule has 3 rings (SSSR count). The summed E-state index contributed by atoms with van der Waals surface area (Å²) in [6, 6.07) is 15.7. The van der Waals surface area contributed by atoms with E-state index in [0.717, 1.165) is 53.3 Å². The topological polar surface area (TPSA) is 47.9 Å². The molecule has 2 aromatic rings. The highest BCUT2D eigenvalue weighted by Gasteiger charge is 2.19. The van der Waals surface area contributed by atoms with Crippen molar-refractivity contribution >= 4 is 39.7 Å². The molecule has 2 aromatic carbocycles. The predicted octanol–water partition coefficient (Wildman–Crippen LogP) is 3.37. The van der Waals surface area contributed by atoms with E-state index in [9.17, 15) is 4.79 Å². The lowest BCUT2D eigenvalue weighted by Gasteiger charge is -2.34. The van der Waals surface area contributed by atoms with Gasteiger partial charge >= 0.3 is 0 Å². The zero-order valence-electron chi connectivity index (χ0n) is 14.9. The molecule has 1 heterocycles. The summed E-state index contributed by atoms with van der Waals surface area (Å²) >= 11 is 9.65. The van der Waals surface area contributed by atoms with Gasteiger partial charge < -0.3 is 0 Å². The van der Waals surface area contributed by atoms with E-state index >= 15 is 0 Å². The van der Waals surface area contributed by atoms with Crippen LogP contribution in [0.4, 0.5) is 0 Å². The lowest BCUT2D eigenvalue weighted by molar-refractivity contribution is -0.122. The molecule has 0 saturated carbocycles. The zero-order valence-corrected chi connectivity index (χ0v) is 17.3. The molecule has 1 aliphatic heterocycles. The summed E-state index contributed by atoms with van der Waals surface area (Å²) in [7, 11) is 0. The summed E-state index contributed by atoms with van der Waals surface area (Å²) in [6.07, 6.45) is 1.64. The summed E-state index contributed by atoms with van der Waals surface area (Å²) < 4.78 is 0.979. The normalized spacial score (nSPS) is 15.9.